The summed E-state index contributed by atoms with van der Waals surface area (Å²) in [5.74, 6) is 0. The Kier molecular flexibility index (Phi) is 12.4. The van der Waals surface area contributed by atoms with Crippen LogP contribution in [0.3, 0.4) is 0 Å². The van der Waals surface area contributed by atoms with Crippen molar-refractivity contribution in [1.29, 1.82) is 0 Å². The van der Waals surface area contributed by atoms with Crippen LogP contribution >= 0.6 is 6.75 Å². The first-order valence-electron chi connectivity index (χ1n) is 13.5. The van der Waals surface area contributed by atoms with Gasteiger partial charge in [-0.1, -0.05) is 0 Å². The summed E-state index contributed by atoms with van der Waals surface area (Å²) in [4.78, 5) is 12.9. The van der Waals surface area contributed by atoms with Gasteiger partial charge in [-0.25, -0.2) is 0 Å². The van der Waals surface area contributed by atoms with Crippen LogP contribution in [-0.4, -0.2) is 68.7 Å². The average molecular weight is 687 g/mol. The zero-order chi connectivity index (χ0) is 33.7. The maximum absolute atomic E-state index is 14.0. The predicted molar refractivity (Wildman–Crippen MR) is 158 cm³/mol. The number of nitrogens with one attached hydrogen (secondary N) is 1. The Morgan fingerprint density at radius 2 is 1.33 bits per heavy atom. The molecule has 0 radical (unpaired) electrons. The molecule has 0 aliphatic carbocycles. The summed E-state index contributed by atoms with van der Waals surface area (Å²) in [6.07, 6.45) is -4.01. The van der Waals surface area contributed by atoms with Gasteiger partial charge in [0.15, 0.2) is 0 Å². The van der Waals surface area contributed by atoms with E-state index in [2.05, 4.69) is 11.9 Å². The van der Waals surface area contributed by atoms with Gasteiger partial charge in [-0.05, 0) is 0 Å². The molecule has 1 aromatic rings. The van der Waals surface area contributed by atoms with Crippen LogP contribution in [0.4, 0.5) is 31.1 Å². The van der Waals surface area contributed by atoms with E-state index in [9.17, 15) is 48.0 Å². The second-order valence-corrected chi connectivity index (χ2v) is 21.5. The number of alkyl carbamates (subject to hydrolysis) is 1. The molecule has 17 heteroatoms. The van der Waals surface area contributed by atoms with Gasteiger partial charge in [0, 0.05) is 0 Å². The SMILES string of the molecule is C=C(C)c1cccc(C(C)(C)NC(=O)OCCP(CCC)(CCC)(CCC)N(S(=O)(=O)C(F)(F)F)S(=O)(=O)C(F)(F)F)c1. The number of nitrogens with zero attached hydrogens (tertiary/aromatic N) is 1. The minimum atomic E-state index is -7.07. The van der Waals surface area contributed by atoms with Crippen molar-refractivity contribution in [2.45, 2.75) is 77.4 Å². The molecule has 8 nitrogen and oxygen atoms in total. The number of sulfonamides is 2. The third kappa shape index (κ3) is 8.23. The van der Waals surface area contributed by atoms with E-state index in [0.717, 1.165) is 11.1 Å². The fourth-order valence-corrected chi connectivity index (χ4v) is 20.8. The molecule has 0 aliphatic heterocycles. The molecule has 0 atom stereocenters. The Bertz CT molecular complexity index is 1320. The predicted octanol–water partition coefficient (Wildman–Crippen LogP) is 7.38. The molecule has 0 saturated heterocycles. The third-order valence-electron chi connectivity index (χ3n) is 7.24. The number of alkyl halides is 6. The van der Waals surface area contributed by atoms with Crippen LogP contribution in [0.2, 0.25) is 0 Å². The van der Waals surface area contributed by atoms with Gasteiger partial charge in [-0.3, -0.25) is 0 Å². The van der Waals surface area contributed by atoms with Gasteiger partial charge in [0.2, 0.25) is 0 Å². The first-order chi connectivity index (χ1) is 19.4. The Morgan fingerprint density at radius 3 is 1.70 bits per heavy atom. The summed E-state index contributed by atoms with van der Waals surface area (Å²) >= 11 is 0. The molecular weight excluding hydrogens is 645 g/mol. The van der Waals surface area contributed by atoms with Gasteiger partial charge in [0.1, 0.15) is 0 Å². The zero-order valence-electron chi connectivity index (χ0n) is 25.1. The molecule has 0 heterocycles. The van der Waals surface area contributed by atoms with E-state index >= 15 is 0 Å². The molecule has 43 heavy (non-hydrogen) atoms. The van der Waals surface area contributed by atoms with Crippen molar-refractivity contribution in [3.8, 4) is 0 Å². The van der Waals surface area contributed by atoms with Gasteiger partial charge < -0.3 is 0 Å². The van der Waals surface area contributed by atoms with Crippen molar-refractivity contribution < 1.29 is 52.7 Å². The number of ether oxygens (including phenoxy) is 1. The molecular formula is C26H41F6N2O6PS2. The topological polar surface area (TPSA) is 110 Å². The van der Waals surface area contributed by atoms with Gasteiger partial charge >= 0.3 is 251 Å². The molecule has 1 N–H and O–H groups in total. The van der Waals surface area contributed by atoms with E-state index in [4.69, 9.17) is 4.74 Å². The van der Waals surface area contributed by atoms with Crippen LogP contribution in [0.1, 0.15) is 71.9 Å². The number of rotatable bonds is 15. The van der Waals surface area contributed by atoms with Gasteiger partial charge in [-0.15, -0.1) is 0 Å². The Labute approximate surface area is 250 Å². The summed E-state index contributed by atoms with van der Waals surface area (Å²) in [7, 11) is -14.1. The van der Waals surface area contributed by atoms with Gasteiger partial charge in [0.25, 0.3) is 0 Å². The average Bonchev–Trinajstić information content (AvgIpc) is 2.82. The number of amides is 1. The first-order valence-corrected chi connectivity index (χ1v) is 19.3. The zero-order valence-corrected chi connectivity index (χ0v) is 27.6. The van der Waals surface area contributed by atoms with Crippen molar-refractivity contribution in [2.75, 3.05) is 31.3 Å². The molecule has 1 amide bonds. The summed E-state index contributed by atoms with van der Waals surface area (Å²) < 4.78 is 139. The van der Waals surface area contributed by atoms with E-state index < -0.39 is 84.2 Å². The Hall–Kier alpha value is -1.90. The van der Waals surface area contributed by atoms with Crippen molar-refractivity contribution in [1.82, 2.24) is 8.80 Å². The van der Waals surface area contributed by atoms with E-state index in [1.807, 2.05) is 0 Å². The van der Waals surface area contributed by atoms with Crippen LogP contribution in [-0.2, 0) is 30.3 Å². The quantitative estimate of drug-likeness (QED) is 0.152. The molecule has 0 saturated carbocycles. The summed E-state index contributed by atoms with van der Waals surface area (Å²) in [5, 5.41) is 2.59. The normalized spacial score (nSPS) is 14.7. The van der Waals surface area contributed by atoms with Crippen molar-refractivity contribution >= 4 is 38.5 Å². The minimum absolute atomic E-state index is 0.132. The van der Waals surface area contributed by atoms with E-state index in [1.54, 1.807) is 45.0 Å². The first kappa shape index (κ1) is 39.1. The molecule has 1 aromatic carbocycles. The number of allylic oxidation sites excluding steroid dienone is 1. The monoisotopic (exact) mass is 686 g/mol. The van der Waals surface area contributed by atoms with Crippen molar-refractivity contribution in [3.05, 3.63) is 42.0 Å². The van der Waals surface area contributed by atoms with Gasteiger partial charge in [0.05, 0.1) is 0 Å². The number of hydrogen-bond donors (Lipinski definition) is 1. The molecule has 0 bridgehead atoms. The summed E-state index contributed by atoms with van der Waals surface area (Å²) in [6.45, 7) is 6.99. The molecule has 0 spiro atoms. The van der Waals surface area contributed by atoms with Crippen LogP contribution in [0.5, 0.6) is 0 Å². The second kappa shape index (κ2) is 13.6. The van der Waals surface area contributed by atoms with Crippen molar-refractivity contribution in [2.24, 2.45) is 0 Å². The molecule has 0 aliphatic rings. The van der Waals surface area contributed by atoms with Crippen LogP contribution in [0, 0.1) is 0 Å². The van der Waals surface area contributed by atoms with Crippen LogP contribution in [0.15, 0.2) is 30.8 Å². The van der Waals surface area contributed by atoms with E-state index in [0.29, 0.717) is 5.56 Å². The summed E-state index contributed by atoms with van der Waals surface area (Å²) in [6, 6.07) is 7.01. The molecule has 250 valence electrons. The Balaban J connectivity index is 3.71. The number of halogens is 6. The van der Waals surface area contributed by atoms with Crippen LogP contribution < -0.4 is 5.32 Å². The van der Waals surface area contributed by atoms with E-state index in [-0.39, 0.29) is 19.3 Å². The van der Waals surface area contributed by atoms with Crippen molar-refractivity contribution in [3.63, 3.8) is 0 Å². The number of benzene rings is 1. The fourth-order valence-electron chi connectivity index (χ4n) is 5.54. The second-order valence-electron chi connectivity index (χ2n) is 11.1. The Morgan fingerprint density at radius 1 is 0.884 bits per heavy atom. The van der Waals surface area contributed by atoms with E-state index in [1.165, 1.54) is 20.8 Å². The summed E-state index contributed by atoms with van der Waals surface area (Å²) in [5.41, 5.74) is -11.6. The maximum atomic E-state index is 14.0. The number of carbonyl (C=O) groups is 1. The number of carbonyl (C=O) groups excluding carboxylic acids is 1. The standard InChI is InChI=1S/C26H41F6N2O6PS2/c1-8-15-41(16-9-2,17-10-3,34(42(36,37)25(27,28)29)43(38,39)26(30,31)32)18-14-40-23(35)33-24(6,7)22-13-11-12-21(19-22)20(4)5/h11-13,19H,4,8-10,14-18H2,1-3,5-7H3,(H,33,35). The van der Waals surface area contributed by atoms with Crippen LogP contribution in [0.25, 0.3) is 5.57 Å². The molecule has 1 rings (SSSR count). The third-order valence-corrected chi connectivity index (χ3v) is 21.5. The molecule has 0 unspecified atom stereocenters. The molecule has 0 fully saturated rings. The fraction of sp³-hybridized carbons (Fsp3) is 0.654. The van der Waals surface area contributed by atoms with Gasteiger partial charge in [-0.2, -0.15) is 0 Å². The number of hydrogen-bond acceptors (Lipinski definition) is 6. The molecule has 0 aromatic heterocycles.